The van der Waals surface area contributed by atoms with Crippen LogP contribution in [0.3, 0.4) is 0 Å². The topological polar surface area (TPSA) is 68.3 Å². The molecule has 5 nitrogen and oxygen atoms in total. The van der Waals surface area contributed by atoms with Crippen molar-refractivity contribution in [2.24, 2.45) is 11.3 Å². The highest BCUT2D eigenvalue weighted by molar-refractivity contribution is 5.93. The Kier molecular flexibility index (Phi) is 11.8. The lowest BCUT2D eigenvalue weighted by atomic mass is 9.96. The Morgan fingerprint density at radius 3 is 2.31 bits per heavy atom. The highest BCUT2D eigenvalue weighted by atomic mass is 16.5. The van der Waals surface area contributed by atoms with Gasteiger partial charge in [0.1, 0.15) is 17.9 Å². The number of carbonyl (C=O) groups is 2. The van der Waals surface area contributed by atoms with Crippen molar-refractivity contribution in [2.75, 3.05) is 12.4 Å². The summed E-state index contributed by atoms with van der Waals surface area (Å²) in [5, 5.41) is 2.85. The van der Waals surface area contributed by atoms with Crippen LogP contribution in [-0.2, 0) is 14.3 Å². The molecule has 162 valence electrons. The first-order valence-corrected chi connectivity index (χ1v) is 10.4. The molecule has 1 N–H and O–H groups in total. The molecule has 1 heterocycles. The molecule has 1 aromatic heterocycles. The van der Waals surface area contributed by atoms with Gasteiger partial charge in [0, 0.05) is 11.0 Å². The van der Waals surface area contributed by atoms with Crippen LogP contribution in [-0.4, -0.2) is 24.3 Å². The van der Waals surface area contributed by atoms with Crippen molar-refractivity contribution in [3.05, 3.63) is 41.3 Å². The maximum absolute atomic E-state index is 12.2. The van der Waals surface area contributed by atoms with Crippen molar-refractivity contribution in [3.63, 3.8) is 0 Å². The molecule has 0 spiro atoms. The standard InChI is InChI=1S/C22H32N2O3.C2H6/c1-8-15(3)16(14-25)13-19(27-7)17(9-2)18-11-10-12-20(23-18)24-21(26)22(4,5)6;1-2/h10-15H,8-9H2,1-7H3,(H,23,24,26);1-2H3/b16-13-,19-17-;. The molecule has 0 saturated heterocycles. The van der Waals surface area contributed by atoms with E-state index in [0.29, 0.717) is 29.3 Å². The van der Waals surface area contributed by atoms with Crippen molar-refractivity contribution in [3.8, 4) is 0 Å². The van der Waals surface area contributed by atoms with Crippen LogP contribution in [0.2, 0.25) is 0 Å². The van der Waals surface area contributed by atoms with Gasteiger partial charge >= 0.3 is 0 Å². The zero-order chi connectivity index (χ0) is 22.6. The molecule has 0 radical (unpaired) electrons. The molecular formula is C24H38N2O3. The molecule has 0 aliphatic heterocycles. The van der Waals surface area contributed by atoms with Crippen molar-refractivity contribution < 1.29 is 14.3 Å². The number of amides is 1. The van der Waals surface area contributed by atoms with E-state index in [1.165, 1.54) is 0 Å². The monoisotopic (exact) mass is 402 g/mol. The molecule has 5 heteroatoms. The Morgan fingerprint density at radius 1 is 1.24 bits per heavy atom. The third-order valence-corrected chi connectivity index (χ3v) is 4.47. The number of anilines is 1. The molecule has 0 aromatic carbocycles. The number of aldehydes is 1. The van der Waals surface area contributed by atoms with Crippen molar-refractivity contribution in [1.29, 1.82) is 0 Å². The van der Waals surface area contributed by atoms with E-state index < -0.39 is 5.41 Å². The lowest BCUT2D eigenvalue weighted by Gasteiger charge is -2.18. The van der Waals surface area contributed by atoms with Crippen LogP contribution in [0.25, 0.3) is 5.57 Å². The van der Waals surface area contributed by atoms with Gasteiger partial charge in [-0.3, -0.25) is 9.59 Å². The van der Waals surface area contributed by atoms with Crippen LogP contribution in [0.4, 0.5) is 5.82 Å². The second-order valence-electron chi connectivity index (χ2n) is 7.58. The second kappa shape index (κ2) is 12.9. The number of nitrogens with zero attached hydrogens (tertiary/aromatic N) is 1. The maximum Gasteiger partial charge on any atom is 0.230 e. The normalized spacial score (nSPS) is 13.5. The third kappa shape index (κ3) is 8.22. The van der Waals surface area contributed by atoms with E-state index in [-0.39, 0.29) is 11.8 Å². The first kappa shape index (κ1) is 26.6. The van der Waals surface area contributed by atoms with E-state index in [4.69, 9.17) is 4.74 Å². The minimum absolute atomic E-state index is 0.0962. The molecule has 1 unspecified atom stereocenters. The largest absolute Gasteiger partial charge is 0.496 e. The van der Waals surface area contributed by atoms with Gasteiger partial charge in [0.25, 0.3) is 0 Å². The predicted octanol–water partition coefficient (Wildman–Crippen LogP) is 6.03. The van der Waals surface area contributed by atoms with E-state index in [1.54, 1.807) is 19.3 Å². The number of pyridine rings is 1. The quantitative estimate of drug-likeness (QED) is 0.249. The number of methoxy groups -OCH3 is 1. The van der Waals surface area contributed by atoms with E-state index >= 15 is 0 Å². The van der Waals surface area contributed by atoms with E-state index in [1.807, 2.05) is 67.5 Å². The summed E-state index contributed by atoms with van der Waals surface area (Å²) in [7, 11) is 1.59. The number of hydrogen-bond donors (Lipinski definition) is 1. The summed E-state index contributed by atoms with van der Waals surface area (Å²) in [5.41, 5.74) is 1.78. The van der Waals surface area contributed by atoms with Gasteiger partial charge in [-0.25, -0.2) is 4.98 Å². The third-order valence-electron chi connectivity index (χ3n) is 4.47. The van der Waals surface area contributed by atoms with Gasteiger partial charge in [-0.1, -0.05) is 61.5 Å². The molecule has 1 atom stereocenters. The SMILES string of the molecule is CC.CC/C(=C(\C=C(\C=O)C(C)CC)OC)c1cccc(NC(=O)C(C)(C)C)n1. The molecule has 1 aromatic rings. The molecule has 0 saturated carbocycles. The Bertz CT molecular complexity index is 728. The van der Waals surface area contributed by atoms with Gasteiger partial charge in [-0.15, -0.1) is 0 Å². The van der Waals surface area contributed by atoms with Crippen molar-refractivity contribution in [2.45, 2.75) is 68.2 Å². The summed E-state index contributed by atoms with van der Waals surface area (Å²) in [6.07, 6.45) is 4.22. The van der Waals surface area contributed by atoms with Crippen molar-refractivity contribution in [1.82, 2.24) is 4.98 Å². The summed E-state index contributed by atoms with van der Waals surface area (Å²) < 4.78 is 5.58. The van der Waals surface area contributed by atoms with Crippen LogP contribution in [0.1, 0.15) is 73.9 Å². The van der Waals surface area contributed by atoms with Crippen molar-refractivity contribution >= 4 is 23.6 Å². The highest BCUT2D eigenvalue weighted by Gasteiger charge is 2.22. The minimum Gasteiger partial charge on any atom is -0.496 e. The van der Waals surface area contributed by atoms with E-state index in [9.17, 15) is 9.59 Å². The Morgan fingerprint density at radius 2 is 1.86 bits per heavy atom. The van der Waals surface area contributed by atoms with E-state index in [0.717, 1.165) is 18.3 Å². The fraction of sp³-hybridized carbons (Fsp3) is 0.542. The van der Waals surface area contributed by atoms with Gasteiger partial charge in [0.2, 0.25) is 5.91 Å². The number of carbonyl (C=O) groups excluding carboxylic acids is 2. The minimum atomic E-state index is -0.503. The summed E-state index contributed by atoms with van der Waals surface area (Å²) in [4.78, 5) is 28.3. The molecule has 0 bridgehead atoms. The molecule has 1 amide bonds. The highest BCUT2D eigenvalue weighted by Crippen LogP contribution is 2.26. The lowest BCUT2D eigenvalue weighted by Crippen LogP contribution is -2.28. The van der Waals surface area contributed by atoms with Gasteiger partial charge < -0.3 is 10.1 Å². The Balaban J connectivity index is 0.00000379. The molecule has 0 fully saturated rings. The first-order chi connectivity index (χ1) is 13.7. The molecular weight excluding hydrogens is 364 g/mol. The number of allylic oxidation sites excluding steroid dienone is 3. The average Bonchev–Trinajstić information content (AvgIpc) is 2.71. The number of hydrogen-bond acceptors (Lipinski definition) is 4. The Labute approximate surface area is 176 Å². The lowest BCUT2D eigenvalue weighted by molar-refractivity contribution is -0.123. The zero-order valence-electron chi connectivity index (χ0n) is 19.6. The van der Waals surface area contributed by atoms with Crippen LogP contribution in [0.15, 0.2) is 35.6 Å². The van der Waals surface area contributed by atoms with Gasteiger partial charge in [-0.2, -0.15) is 0 Å². The van der Waals surface area contributed by atoms with Gasteiger partial charge in [-0.05, 0) is 42.5 Å². The predicted molar refractivity (Wildman–Crippen MR) is 121 cm³/mol. The van der Waals surface area contributed by atoms with Gasteiger partial charge in [0.15, 0.2) is 0 Å². The summed E-state index contributed by atoms with van der Waals surface area (Å²) in [6.45, 7) is 15.6. The van der Waals surface area contributed by atoms with Crippen LogP contribution in [0.5, 0.6) is 0 Å². The van der Waals surface area contributed by atoms with Crippen LogP contribution in [0, 0.1) is 11.3 Å². The maximum atomic E-state index is 12.2. The fourth-order valence-corrected chi connectivity index (χ4v) is 2.41. The summed E-state index contributed by atoms with van der Waals surface area (Å²) in [5.74, 6) is 1.17. The smallest absolute Gasteiger partial charge is 0.230 e. The Hall–Kier alpha value is -2.43. The molecule has 0 aliphatic rings. The van der Waals surface area contributed by atoms with Gasteiger partial charge in [0.05, 0.1) is 12.8 Å². The van der Waals surface area contributed by atoms with Crippen LogP contribution >= 0.6 is 0 Å². The average molecular weight is 403 g/mol. The second-order valence-corrected chi connectivity index (χ2v) is 7.58. The summed E-state index contributed by atoms with van der Waals surface area (Å²) >= 11 is 0. The number of aromatic nitrogens is 1. The molecule has 1 rings (SSSR count). The molecule has 29 heavy (non-hydrogen) atoms. The number of ether oxygens (including phenoxy) is 1. The summed E-state index contributed by atoms with van der Waals surface area (Å²) in [6, 6.07) is 5.49. The zero-order valence-corrected chi connectivity index (χ0v) is 19.6. The number of nitrogens with one attached hydrogen (secondary N) is 1. The number of rotatable bonds is 8. The molecule has 0 aliphatic carbocycles. The first-order valence-electron chi connectivity index (χ1n) is 10.4. The van der Waals surface area contributed by atoms with Crippen LogP contribution < -0.4 is 5.32 Å². The van der Waals surface area contributed by atoms with E-state index in [2.05, 4.69) is 10.3 Å². The fourth-order valence-electron chi connectivity index (χ4n) is 2.41.